The summed E-state index contributed by atoms with van der Waals surface area (Å²) in [6.45, 7) is 1.35. The molecule has 0 saturated heterocycles. The van der Waals surface area contributed by atoms with Crippen LogP contribution in [0.3, 0.4) is 0 Å². The molecule has 1 heterocycles. The Morgan fingerprint density at radius 2 is 1.79 bits per heavy atom. The molecular weight excluding hydrogens is 260 g/mol. The van der Waals surface area contributed by atoms with Crippen molar-refractivity contribution in [3.63, 3.8) is 0 Å². The van der Waals surface area contributed by atoms with Gasteiger partial charge >= 0.3 is 0 Å². The second-order valence-electron chi connectivity index (χ2n) is 5.44. The molecule has 4 nitrogen and oxygen atoms in total. The second-order valence-corrected chi connectivity index (χ2v) is 7.30. The fraction of sp³-hybridized carbons (Fsp3) is 0.571. The molecule has 0 N–H and O–H groups in total. The number of fused-ring (bicyclic) bond motifs is 1. The molecule has 1 aromatic carbocycles. The fourth-order valence-corrected chi connectivity index (χ4v) is 5.09. The topological polar surface area (TPSA) is 40.6 Å². The van der Waals surface area contributed by atoms with Crippen LogP contribution >= 0.6 is 0 Å². The normalized spacial score (nSPS) is 24.2. The Hall–Kier alpha value is -1.07. The van der Waals surface area contributed by atoms with E-state index < -0.39 is 10.0 Å². The lowest BCUT2D eigenvalue weighted by atomic mass is 10.2. The zero-order chi connectivity index (χ0) is 13.5. The van der Waals surface area contributed by atoms with Crippen molar-refractivity contribution in [2.45, 2.75) is 36.6 Å². The molecule has 1 aromatic rings. The van der Waals surface area contributed by atoms with Crippen molar-refractivity contribution in [1.82, 2.24) is 4.31 Å². The van der Waals surface area contributed by atoms with Crippen LogP contribution in [0.15, 0.2) is 29.2 Å². The summed E-state index contributed by atoms with van der Waals surface area (Å²) in [7, 11) is -1.38. The molecule has 0 spiro atoms. The van der Waals surface area contributed by atoms with Gasteiger partial charge in [-0.05, 0) is 25.0 Å². The molecule has 1 aliphatic carbocycles. The van der Waals surface area contributed by atoms with E-state index in [9.17, 15) is 8.42 Å². The van der Waals surface area contributed by atoms with Gasteiger partial charge in [-0.1, -0.05) is 25.0 Å². The van der Waals surface area contributed by atoms with Crippen LogP contribution in [0.2, 0.25) is 0 Å². The third-order valence-electron chi connectivity index (χ3n) is 4.25. The van der Waals surface area contributed by atoms with Gasteiger partial charge in [0.1, 0.15) is 4.90 Å². The van der Waals surface area contributed by atoms with Crippen LogP contribution in [-0.4, -0.2) is 38.9 Å². The molecule has 0 atom stereocenters. The molecule has 3 rings (SSSR count). The van der Waals surface area contributed by atoms with Crippen molar-refractivity contribution in [1.29, 1.82) is 0 Å². The van der Waals surface area contributed by atoms with Crippen molar-refractivity contribution < 1.29 is 8.42 Å². The van der Waals surface area contributed by atoms with E-state index in [1.165, 1.54) is 0 Å². The maximum atomic E-state index is 12.9. The number of hydrogen-bond acceptors (Lipinski definition) is 3. The van der Waals surface area contributed by atoms with Crippen LogP contribution in [0.25, 0.3) is 0 Å². The van der Waals surface area contributed by atoms with E-state index in [1.54, 1.807) is 10.4 Å². The second kappa shape index (κ2) is 4.80. The van der Waals surface area contributed by atoms with Crippen molar-refractivity contribution in [2.75, 3.05) is 25.0 Å². The number of hydrogen-bond donors (Lipinski definition) is 0. The van der Waals surface area contributed by atoms with E-state index in [-0.39, 0.29) is 6.04 Å². The summed E-state index contributed by atoms with van der Waals surface area (Å²) >= 11 is 0. The molecule has 2 aliphatic rings. The standard InChI is InChI=1S/C14H20N2O2S/c1-15-10-11-16(12-6-2-3-7-12)19(17,18)14-9-5-4-8-13(14)15/h4-5,8-9,12H,2-3,6-7,10-11H2,1H3. The lowest BCUT2D eigenvalue weighted by Gasteiger charge is -2.26. The zero-order valence-electron chi connectivity index (χ0n) is 11.2. The molecule has 0 radical (unpaired) electrons. The van der Waals surface area contributed by atoms with Crippen molar-refractivity contribution in [3.05, 3.63) is 24.3 Å². The summed E-state index contributed by atoms with van der Waals surface area (Å²) in [5.74, 6) is 0. The summed E-state index contributed by atoms with van der Waals surface area (Å²) in [5, 5.41) is 0. The molecular formula is C14H20N2O2S. The minimum Gasteiger partial charge on any atom is -0.372 e. The molecule has 19 heavy (non-hydrogen) atoms. The molecule has 0 unspecified atom stereocenters. The third-order valence-corrected chi connectivity index (χ3v) is 6.25. The SMILES string of the molecule is CN1CCN(C2CCCC2)S(=O)(=O)c2ccccc21. The summed E-state index contributed by atoms with van der Waals surface area (Å²) < 4.78 is 27.5. The van der Waals surface area contributed by atoms with E-state index in [2.05, 4.69) is 0 Å². The van der Waals surface area contributed by atoms with Gasteiger partial charge in [0.25, 0.3) is 0 Å². The number of para-hydroxylation sites is 1. The van der Waals surface area contributed by atoms with Crippen molar-refractivity contribution >= 4 is 15.7 Å². The molecule has 104 valence electrons. The molecule has 0 aromatic heterocycles. The zero-order valence-corrected chi connectivity index (χ0v) is 12.1. The maximum absolute atomic E-state index is 12.9. The first-order valence-electron chi connectivity index (χ1n) is 6.93. The lowest BCUT2D eigenvalue weighted by Crippen LogP contribution is -2.40. The van der Waals surface area contributed by atoms with E-state index >= 15 is 0 Å². The van der Waals surface area contributed by atoms with Gasteiger partial charge in [0.2, 0.25) is 10.0 Å². The van der Waals surface area contributed by atoms with Gasteiger partial charge < -0.3 is 4.90 Å². The number of rotatable bonds is 1. The monoisotopic (exact) mass is 280 g/mol. The van der Waals surface area contributed by atoms with Crippen LogP contribution < -0.4 is 4.90 Å². The average Bonchev–Trinajstić information content (AvgIpc) is 2.89. The van der Waals surface area contributed by atoms with E-state index in [0.29, 0.717) is 11.4 Å². The Morgan fingerprint density at radius 1 is 1.11 bits per heavy atom. The Balaban J connectivity index is 2.07. The van der Waals surface area contributed by atoms with Crippen molar-refractivity contribution in [3.8, 4) is 0 Å². The van der Waals surface area contributed by atoms with Gasteiger partial charge in [-0.2, -0.15) is 4.31 Å². The highest BCUT2D eigenvalue weighted by atomic mass is 32.2. The number of nitrogens with zero attached hydrogens (tertiary/aromatic N) is 2. The summed E-state index contributed by atoms with van der Waals surface area (Å²) in [4.78, 5) is 2.50. The maximum Gasteiger partial charge on any atom is 0.245 e. The predicted octanol–water partition coefficient (Wildman–Crippen LogP) is 2.07. The van der Waals surface area contributed by atoms with E-state index in [4.69, 9.17) is 0 Å². The van der Waals surface area contributed by atoms with Crippen molar-refractivity contribution in [2.24, 2.45) is 0 Å². The minimum atomic E-state index is -3.34. The highest BCUT2D eigenvalue weighted by Crippen LogP contribution is 2.34. The average molecular weight is 280 g/mol. The third kappa shape index (κ3) is 2.15. The molecule has 1 saturated carbocycles. The van der Waals surface area contributed by atoms with Gasteiger partial charge in [0.05, 0.1) is 5.69 Å². The summed E-state index contributed by atoms with van der Waals surface area (Å²) in [6, 6.07) is 7.53. The van der Waals surface area contributed by atoms with Gasteiger partial charge in [-0.15, -0.1) is 0 Å². The Bertz CT molecular complexity index is 565. The molecule has 0 amide bonds. The molecule has 1 aliphatic heterocycles. The highest BCUT2D eigenvalue weighted by molar-refractivity contribution is 7.89. The molecule has 1 fully saturated rings. The Morgan fingerprint density at radius 3 is 2.53 bits per heavy atom. The number of anilines is 1. The first-order chi connectivity index (χ1) is 9.10. The Labute approximate surface area is 115 Å². The molecule has 5 heteroatoms. The molecule has 0 bridgehead atoms. The number of likely N-dealkylation sites (N-methyl/N-ethyl adjacent to an activating group) is 1. The smallest absolute Gasteiger partial charge is 0.245 e. The van der Waals surface area contributed by atoms with Gasteiger partial charge in [-0.25, -0.2) is 8.42 Å². The number of sulfonamides is 1. The minimum absolute atomic E-state index is 0.199. The van der Waals surface area contributed by atoms with E-state index in [1.807, 2.05) is 30.1 Å². The fourth-order valence-electron chi connectivity index (χ4n) is 3.18. The predicted molar refractivity (Wildman–Crippen MR) is 75.9 cm³/mol. The van der Waals surface area contributed by atoms with Crippen LogP contribution in [0.5, 0.6) is 0 Å². The van der Waals surface area contributed by atoms with Crippen LogP contribution in [-0.2, 0) is 10.0 Å². The quantitative estimate of drug-likeness (QED) is 0.790. The first kappa shape index (κ1) is 12.9. The van der Waals surface area contributed by atoms with Crippen LogP contribution in [0.4, 0.5) is 5.69 Å². The van der Waals surface area contributed by atoms with E-state index in [0.717, 1.165) is 37.9 Å². The van der Waals surface area contributed by atoms with Gasteiger partial charge in [0.15, 0.2) is 0 Å². The first-order valence-corrected chi connectivity index (χ1v) is 8.37. The van der Waals surface area contributed by atoms with Gasteiger partial charge in [0, 0.05) is 26.2 Å². The largest absolute Gasteiger partial charge is 0.372 e. The summed E-state index contributed by atoms with van der Waals surface area (Å²) in [5.41, 5.74) is 0.822. The lowest BCUT2D eigenvalue weighted by molar-refractivity contribution is 0.331. The van der Waals surface area contributed by atoms with Gasteiger partial charge in [-0.3, -0.25) is 0 Å². The Kier molecular flexibility index (Phi) is 3.27. The summed E-state index contributed by atoms with van der Waals surface area (Å²) in [6.07, 6.45) is 4.30. The van der Waals surface area contributed by atoms with Crippen LogP contribution in [0.1, 0.15) is 25.7 Å². The van der Waals surface area contributed by atoms with Crippen LogP contribution in [0, 0.1) is 0 Å². The highest BCUT2D eigenvalue weighted by Gasteiger charge is 2.36. The number of benzene rings is 1.